The zero-order chi connectivity index (χ0) is 17.7. The van der Waals surface area contributed by atoms with E-state index in [9.17, 15) is 18.0 Å². The lowest BCUT2D eigenvalue weighted by Gasteiger charge is -2.09. The summed E-state index contributed by atoms with van der Waals surface area (Å²) < 4.78 is 25.9. The molecule has 0 bridgehead atoms. The number of carbonyl (C=O) groups excluding carboxylic acids is 1. The van der Waals surface area contributed by atoms with Crippen molar-refractivity contribution in [3.05, 3.63) is 57.4 Å². The summed E-state index contributed by atoms with van der Waals surface area (Å²) >= 11 is 3.27. The van der Waals surface area contributed by atoms with Gasteiger partial charge in [-0.25, -0.2) is 8.42 Å². The molecule has 0 atom stereocenters. The second-order valence-electron chi connectivity index (χ2n) is 5.11. The Labute approximate surface area is 148 Å². The standard InChI is InChI=1S/C16H17BrN2O4S/c1-2-24(22,23)14-5-3-4-13(10-14)18-15(20)8-9-19-11-12(17)6-7-16(19)21/h3-7,10-11H,2,8-9H2,1H3,(H,18,20). The summed E-state index contributed by atoms with van der Waals surface area (Å²) in [7, 11) is -3.32. The predicted molar refractivity (Wildman–Crippen MR) is 95.8 cm³/mol. The van der Waals surface area contributed by atoms with Crippen LogP contribution in [0.2, 0.25) is 0 Å². The van der Waals surface area contributed by atoms with Crippen LogP contribution >= 0.6 is 15.9 Å². The fourth-order valence-corrected chi connectivity index (χ4v) is 3.36. The topological polar surface area (TPSA) is 85.2 Å². The average Bonchev–Trinajstić information content (AvgIpc) is 2.56. The third-order valence-corrected chi connectivity index (χ3v) is 5.59. The largest absolute Gasteiger partial charge is 0.326 e. The number of nitrogens with zero attached hydrogens (tertiary/aromatic N) is 1. The van der Waals surface area contributed by atoms with E-state index in [0.717, 1.165) is 4.47 Å². The average molecular weight is 413 g/mol. The Morgan fingerprint density at radius 3 is 2.71 bits per heavy atom. The number of carbonyl (C=O) groups is 1. The van der Waals surface area contributed by atoms with Crippen molar-refractivity contribution in [2.45, 2.75) is 24.8 Å². The van der Waals surface area contributed by atoms with E-state index in [1.807, 2.05) is 0 Å². The first-order valence-corrected chi connectivity index (χ1v) is 9.75. The predicted octanol–water partition coefficient (Wildman–Crippen LogP) is 2.43. The van der Waals surface area contributed by atoms with Gasteiger partial charge in [-0.05, 0) is 40.2 Å². The maximum Gasteiger partial charge on any atom is 0.250 e. The van der Waals surface area contributed by atoms with Gasteiger partial charge in [-0.1, -0.05) is 13.0 Å². The maximum atomic E-state index is 12.0. The van der Waals surface area contributed by atoms with Crippen LogP contribution in [0.3, 0.4) is 0 Å². The van der Waals surface area contributed by atoms with Gasteiger partial charge in [-0.15, -0.1) is 0 Å². The first-order valence-electron chi connectivity index (χ1n) is 7.30. The number of halogens is 1. The van der Waals surface area contributed by atoms with Crippen molar-refractivity contribution in [1.82, 2.24) is 4.57 Å². The SMILES string of the molecule is CCS(=O)(=O)c1cccc(NC(=O)CCn2cc(Br)ccc2=O)c1. The quantitative estimate of drug-likeness (QED) is 0.789. The highest BCUT2D eigenvalue weighted by Crippen LogP contribution is 2.17. The van der Waals surface area contributed by atoms with E-state index >= 15 is 0 Å². The Morgan fingerprint density at radius 2 is 2.00 bits per heavy atom. The smallest absolute Gasteiger partial charge is 0.250 e. The van der Waals surface area contributed by atoms with Gasteiger partial charge in [0.1, 0.15) is 0 Å². The Morgan fingerprint density at radius 1 is 1.25 bits per heavy atom. The van der Waals surface area contributed by atoms with Crippen molar-refractivity contribution in [3.63, 3.8) is 0 Å². The van der Waals surface area contributed by atoms with E-state index in [2.05, 4.69) is 21.2 Å². The molecule has 1 aromatic heterocycles. The van der Waals surface area contributed by atoms with Gasteiger partial charge in [0.15, 0.2) is 9.84 Å². The molecule has 0 aliphatic heterocycles. The van der Waals surface area contributed by atoms with Crippen LogP contribution < -0.4 is 10.9 Å². The summed E-state index contributed by atoms with van der Waals surface area (Å²) in [5.74, 6) is -0.302. The number of nitrogens with one attached hydrogen (secondary N) is 1. The van der Waals surface area contributed by atoms with Crippen LogP contribution in [-0.2, 0) is 21.2 Å². The van der Waals surface area contributed by atoms with Crippen LogP contribution in [0.25, 0.3) is 0 Å². The molecular weight excluding hydrogens is 396 g/mol. The molecule has 128 valence electrons. The first kappa shape index (κ1) is 18.4. The van der Waals surface area contributed by atoms with Crippen molar-refractivity contribution in [2.75, 3.05) is 11.1 Å². The lowest BCUT2D eigenvalue weighted by molar-refractivity contribution is -0.116. The molecular formula is C16H17BrN2O4S. The normalized spacial score (nSPS) is 11.2. The molecule has 0 saturated heterocycles. The molecule has 2 rings (SSSR count). The fraction of sp³-hybridized carbons (Fsp3) is 0.250. The number of hydrogen-bond donors (Lipinski definition) is 1. The zero-order valence-corrected chi connectivity index (χ0v) is 15.4. The van der Waals surface area contributed by atoms with Crippen molar-refractivity contribution in [3.8, 4) is 0 Å². The van der Waals surface area contributed by atoms with E-state index in [4.69, 9.17) is 0 Å². The Bertz CT molecular complexity index is 906. The summed E-state index contributed by atoms with van der Waals surface area (Å²) in [6, 6.07) is 9.19. The van der Waals surface area contributed by atoms with Crippen LogP contribution in [0.15, 0.2) is 56.8 Å². The van der Waals surface area contributed by atoms with Gasteiger partial charge in [0.2, 0.25) is 5.91 Å². The third kappa shape index (κ3) is 4.78. The fourth-order valence-electron chi connectivity index (χ4n) is 2.06. The molecule has 0 radical (unpaired) electrons. The Balaban J connectivity index is 2.04. The first-order chi connectivity index (χ1) is 11.3. The molecule has 6 nitrogen and oxygen atoms in total. The number of hydrogen-bond acceptors (Lipinski definition) is 4. The molecule has 0 aliphatic rings. The maximum absolute atomic E-state index is 12.0. The van der Waals surface area contributed by atoms with E-state index in [0.29, 0.717) is 5.69 Å². The van der Waals surface area contributed by atoms with E-state index in [-0.39, 0.29) is 35.1 Å². The number of rotatable bonds is 6. The number of anilines is 1. The second-order valence-corrected chi connectivity index (χ2v) is 8.30. The third-order valence-electron chi connectivity index (χ3n) is 3.38. The van der Waals surface area contributed by atoms with Crippen LogP contribution in [0.5, 0.6) is 0 Å². The number of benzene rings is 1. The lowest BCUT2D eigenvalue weighted by Crippen LogP contribution is -2.22. The van der Waals surface area contributed by atoms with Gasteiger partial charge in [-0.2, -0.15) is 0 Å². The molecule has 0 fully saturated rings. The van der Waals surface area contributed by atoms with Gasteiger partial charge in [-0.3, -0.25) is 9.59 Å². The van der Waals surface area contributed by atoms with E-state index < -0.39 is 9.84 Å². The van der Waals surface area contributed by atoms with Gasteiger partial charge in [0.05, 0.1) is 10.6 Å². The summed E-state index contributed by atoms with van der Waals surface area (Å²) in [6.45, 7) is 1.80. The van der Waals surface area contributed by atoms with Crippen LogP contribution in [0, 0.1) is 0 Å². The highest BCUT2D eigenvalue weighted by Gasteiger charge is 2.12. The summed E-state index contributed by atoms with van der Waals surface area (Å²) in [4.78, 5) is 23.9. The van der Waals surface area contributed by atoms with Crippen LogP contribution in [0.1, 0.15) is 13.3 Å². The van der Waals surface area contributed by atoms with Crippen molar-refractivity contribution in [1.29, 1.82) is 0 Å². The van der Waals surface area contributed by atoms with Gasteiger partial charge in [0.25, 0.3) is 5.56 Å². The highest BCUT2D eigenvalue weighted by atomic mass is 79.9. The van der Waals surface area contributed by atoms with Gasteiger partial charge in [0, 0.05) is 35.4 Å². The molecule has 1 amide bonds. The Hall–Kier alpha value is -1.93. The van der Waals surface area contributed by atoms with Crippen molar-refractivity contribution >= 4 is 37.4 Å². The van der Waals surface area contributed by atoms with Gasteiger partial charge >= 0.3 is 0 Å². The number of amides is 1. The summed E-state index contributed by atoms with van der Waals surface area (Å²) in [5.41, 5.74) is 0.221. The number of sulfone groups is 1. The number of aromatic nitrogens is 1. The molecule has 0 spiro atoms. The second kappa shape index (κ2) is 7.76. The minimum Gasteiger partial charge on any atom is -0.326 e. The molecule has 24 heavy (non-hydrogen) atoms. The van der Waals surface area contributed by atoms with Crippen molar-refractivity contribution < 1.29 is 13.2 Å². The van der Waals surface area contributed by atoms with Crippen LogP contribution in [0.4, 0.5) is 5.69 Å². The highest BCUT2D eigenvalue weighted by molar-refractivity contribution is 9.10. The lowest BCUT2D eigenvalue weighted by atomic mass is 10.3. The molecule has 2 aromatic rings. The molecule has 0 unspecified atom stereocenters. The summed E-state index contributed by atoms with van der Waals surface area (Å²) in [6.07, 6.45) is 1.71. The molecule has 8 heteroatoms. The van der Waals surface area contributed by atoms with E-state index in [1.165, 1.54) is 22.8 Å². The van der Waals surface area contributed by atoms with Gasteiger partial charge < -0.3 is 9.88 Å². The van der Waals surface area contributed by atoms with Crippen molar-refractivity contribution in [2.24, 2.45) is 0 Å². The Kier molecular flexibility index (Phi) is 5.95. The zero-order valence-electron chi connectivity index (χ0n) is 13.0. The van der Waals surface area contributed by atoms with Crippen LogP contribution in [-0.4, -0.2) is 24.6 Å². The minimum atomic E-state index is -3.32. The molecule has 0 saturated carbocycles. The molecule has 1 heterocycles. The monoisotopic (exact) mass is 412 g/mol. The van der Waals surface area contributed by atoms with E-state index in [1.54, 1.807) is 31.3 Å². The minimum absolute atomic E-state index is 0.00377. The summed E-state index contributed by atoms with van der Waals surface area (Å²) in [5, 5.41) is 2.65. The molecule has 0 aliphatic carbocycles. The molecule has 1 N–H and O–H groups in total. The molecule has 1 aromatic carbocycles. The number of aryl methyl sites for hydroxylation is 1. The number of pyridine rings is 1.